The largest absolute Gasteiger partial charge is 0.460 e. The molecule has 0 N–H and O–H groups in total. The van der Waals surface area contributed by atoms with Crippen LogP contribution in [-0.2, 0) is 23.4 Å². The summed E-state index contributed by atoms with van der Waals surface area (Å²) < 4.78 is 26.1. The van der Waals surface area contributed by atoms with Crippen LogP contribution in [0.3, 0.4) is 0 Å². The van der Waals surface area contributed by atoms with E-state index in [1.807, 2.05) is 13.8 Å². The second-order valence-corrected chi connectivity index (χ2v) is 19.7. The first kappa shape index (κ1) is 38.5. The molecule has 4 rings (SSSR count). The van der Waals surface area contributed by atoms with Gasteiger partial charge in [-0.05, 0) is 67.8 Å². The summed E-state index contributed by atoms with van der Waals surface area (Å²) in [4.78, 5) is 12.3. The number of unbranched alkanes of at least 4 members (excludes halogenated alkanes) is 7. The number of ether oxygens (including phenoxy) is 3. The number of benzene rings is 2. The number of rotatable bonds is 20. The van der Waals surface area contributed by atoms with Crippen molar-refractivity contribution < 1.29 is 23.4 Å². The number of hydrogen-bond acceptors (Lipinski definition) is 5. The van der Waals surface area contributed by atoms with Crippen molar-refractivity contribution in [3.63, 3.8) is 0 Å². The van der Waals surface area contributed by atoms with E-state index in [0.717, 1.165) is 32.1 Å². The number of cyclic esters (lactones) is 1. The van der Waals surface area contributed by atoms with Crippen LogP contribution < -0.4 is 10.4 Å². The van der Waals surface area contributed by atoms with Crippen LogP contribution in [0.15, 0.2) is 72.8 Å². The van der Waals surface area contributed by atoms with E-state index >= 15 is 0 Å². The zero-order valence-electron chi connectivity index (χ0n) is 30.9. The molecule has 2 aromatic carbocycles. The van der Waals surface area contributed by atoms with Gasteiger partial charge in [0, 0.05) is 6.42 Å². The molecule has 0 saturated carbocycles. The highest BCUT2D eigenvalue weighted by atomic mass is 28.4. The highest BCUT2D eigenvalue weighted by Crippen LogP contribution is 2.39. The molecule has 2 aromatic rings. The summed E-state index contributed by atoms with van der Waals surface area (Å²) in [5.41, 5.74) is 0. The number of carbonyl (C=O) groups excluding carboxylic acids is 1. The molecule has 0 aromatic heterocycles. The Labute approximate surface area is 293 Å². The first-order valence-corrected chi connectivity index (χ1v) is 21.0. The van der Waals surface area contributed by atoms with Gasteiger partial charge >= 0.3 is 5.97 Å². The Morgan fingerprint density at radius 2 is 1.35 bits per heavy atom. The van der Waals surface area contributed by atoms with E-state index in [-0.39, 0.29) is 35.4 Å². The number of esters is 1. The maximum atomic E-state index is 12.3. The van der Waals surface area contributed by atoms with Crippen molar-refractivity contribution in [3.05, 3.63) is 72.8 Å². The van der Waals surface area contributed by atoms with Crippen LogP contribution in [0.25, 0.3) is 0 Å². The zero-order chi connectivity index (χ0) is 34.5. The van der Waals surface area contributed by atoms with Gasteiger partial charge in [0.2, 0.25) is 0 Å². The van der Waals surface area contributed by atoms with Gasteiger partial charge < -0.3 is 18.6 Å². The van der Waals surface area contributed by atoms with Gasteiger partial charge in [0.05, 0.1) is 18.3 Å². The molecule has 2 saturated heterocycles. The van der Waals surface area contributed by atoms with Gasteiger partial charge in [0.25, 0.3) is 8.32 Å². The summed E-state index contributed by atoms with van der Waals surface area (Å²) in [5, 5.41) is 2.35. The molecule has 0 amide bonds. The number of carbonyl (C=O) groups is 1. The summed E-state index contributed by atoms with van der Waals surface area (Å²) in [6.45, 7) is 13.3. The molecule has 0 spiro atoms. The molecule has 48 heavy (non-hydrogen) atoms. The van der Waals surface area contributed by atoms with E-state index in [2.05, 4.69) is 101 Å². The van der Waals surface area contributed by atoms with Crippen molar-refractivity contribution in [1.29, 1.82) is 0 Å². The molecule has 2 heterocycles. The summed E-state index contributed by atoms with van der Waals surface area (Å²) in [7, 11) is -2.79. The van der Waals surface area contributed by atoms with Gasteiger partial charge in [-0.3, -0.25) is 4.79 Å². The van der Waals surface area contributed by atoms with Gasteiger partial charge in [-0.2, -0.15) is 0 Å². The molecule has 2 aliphatic rings. The highest BCUT2D eigenvalue weighted by molar-refractivity contribution is 6.99. The monoisotopic (exact) mass is 676 g/mol. The number of allylic oxidation sites excluding steroid dienone is 2. The van der Waals surface area contributed by atoms with Crippen LogP contribution in [0.4, 0.5) is 0 Å². The second-order valence-electron chi connectivity index (χ2n) is 15.5. The molecular weight excluding hydrogens is 613 g/mol. The Hall–Kier alpha value is -2.25. The van der Waals surface area contributed by atoms with Crippen molar-refractivity contribution in [2.24, 2.45) is 0 Å². The standard InChI is InChI=1S/C42H64O5Si/c1-7-8-9-10-11-12-13-22-29-37-38(46-42(5,6)45-37)30-23-14-15-24-31-39(36-32-33-40(43)44-36)47-48(41(2,3)4,34-25-18-16-19-26-34)35-27-20-17-21-28-35/h14-21,25-28,36-39H,7-13,22-24,29-33H2,1-6H3/b15-14-/t36-,37-,38-,39+/m1/s1. The molecule has 0 bridgehead atoms. The van der Waals surface area contributed by atoms with Gasteiger partial charge in [-0.15, -0.1) is 0 Å². The lowest BCUT2D eigenvalue weighted by molar-refractivity contribution is -0.147. The normalized spacial score (nSPS) is 22.0. The third kappa shape index (κ3) is 10.9. The van der Waals surface area contributed by atoms with Crippen molar-refractivity contribution in [1.82, 2.24) is 0 Å². The lowest BCUT2D eigenvalue weighted by Crippen LogP contribution is -2.68. The van der Waals surface area contributed by atoms with Crippen LogP contribution in [-0.4, -0.2) is 44.5 Å². The Morgan fingerprint density at radius 3 is 1.90 bits per heavy atom. The van der Waals surface area contributed by atoms with E-state index < -0.39 is 14.1 Å². The van der Waals surface area contributed by atoms with E-state index in [4.69, 9.17) is 18.6 Å². The minimum absolute atomic E-state index is 0.116. The van der Waals surface area contributed by atoms with Gasteiger partial charge in [0.1, 0.15) is 6.10 Å². The van der Waals surface area contributed by atoms with Gasteiger partial charge in [-0.25, -0.2) is 0 Å². The Morgan fingerprint density at radius 1 is 0.812 bits per heavy atom. The first-order valence-electron chi connectivity index (χ1n) is 19.0. The summed E-state index contributed by atoms with van der Waals surface area (Å²) in [6, 6.07) is 21.5. The smallest absolute Gasteiger partial charge is 0.306 e. The lowest BCUT2D eigenvalue weighted by Gasteiger charge is -2.46. The van der Waals surface area contributed by atoms with Crippen LogP contribution in [0, 0.1) is 0 Å². The summed E-state index contributed by atoms with van der Waals surface area (Å²) >= 11 is 0. The van der Waals surface area contributed by atoms with Gasteiger partial charge in [0.15, 0.2) is 5.79 Å². The minimum atomic E-state index is -2.79. The Bertz CT molecular complexity index is 1200. The van der Waals surface area contributed by atoms with E-state index in [1.165, 1.54) is 61.7 Å². The second kappa shape index (κ2) is 18.7. The van der Waals surface area contributed by atoms with Crippen LogP contribution in [0.1, 0.15) is 138 Å². The molecule has 2 aliphatic heterocycles. The van der Waals surface area contributed by atoms with Crippen LogP contribution >= 0.6 is 0 Å². The van der Waals surface area contributed by atoms with Crippen LogP contribution in [0.5, 0.6) is 0 Å². The molecule has 0 radical (unpaired) electrons. The van der Waals surface area contributed by atoms with Crippen molar-refractivity contribution in [2.45, 2.75) is 173 Å². The molecule has 2 fully saturated rings. The van der Waals surface area contributed by atoms with Gasteiger partial charge in [-0.1, -0.05) is 152 Å². The fourth-order valence-electron chi connectivity index (χ4n) is 7.68. The van der Waals surface area contributed by atoms with E-state index in [9.17, 15) is 4.79 Å². The highest BCUT2D eigenvalue weighted by Gasteiger charge is 2.52. The summed E-state index contributed by atoms with van der Waals surface area (Å²) in [6.07, 6.45) is 20.9. The van der Waals surface area contributed by atoms with E-state index in [0.29, 0.717) is 12.8 Å². The zero-order valence-corrected chi connectivity index (χ0v) is 31.9. The van der Waals surface area contributed by atoms with Crippen molar-refractivity contribution >= 4 is 24.7 Å². The van der Waals surface area contributed by atoms with Crippen molar-refractivity contribution in [2.75, 3.05) is 0 Å². The third-order valence-corrected chi connectivity index (χ3v) is 15.2. The maximum absolute atomic E-state index is 12.3. The maximum Gasteiger partial charge on any atom is 0.306 e. The summed E-state index contributed by atoms with van der Waals surface area (Å²) in [5.74, 6) is -0.626. The van der Waals surface area contributed by atoms with Crippen molar-refractivity contribution in [3.8, 4) is 0 Å². The predicted octanol–water partition coefficient (Wildman–Crippen LogP) is 9.80. The average Bonchev–Trinajstić information content (AvgIpc) is 3.63. The molecule has 5 nitrogen and oxygen atoms in total. The topological polar surface area (TPSA) is 54.0 Å². The molecule has 0 unspecified atom stereocenters. The lowest BCUT2D eigenvalue weighted by atomic mass is 10.0. The minimum Gasteiger partial charge on any atom is -0.460 e. The third-order valence-electron chi connectivity index (χ3n) is 10.1. The predicted molar refractivity (Wildman–Crippen MR) is 200 cm³/mol. The Balaban J connectivity index is 1.37. The fraction of sp³-hybridized carbons (Fsp3) is 0.643. The molecule has 6 heteroatoms. The van der Waals surface area contributed by atoms with Crippen LogP contribution in [0.2, 0.25) is 5.04 Å². The molecule has 0 aliphatic carbocycles. The fourth-order valence-corrected chi connectivity index (χ4v) is 12.4. The molecule has 266 valence electrons. The first-order chi connectivity index (χ1) is 23.1. The number of hydrogen-bond donors (Lipinski definition) is 0. The Kier molecular flexibility index (Phi) is 15.0. The quantitative estimate of drug-likeness (QED) is 0.0605. The molecule has 4 atom stereocenters. The SMILES string of the molecule is CCCCCCCCCC[C@H]1OC(C)(C)O[C@@H]1CC/C=C\CC[C@H](O[Si](c1ccccc1)(c1ccccc1)C(C)(C)C)[C@H]1CCC(=O)O1. The average molecular weight is 677 g/mol. The van der Waals surface area contributed by atoms with E-state index in [1.54, 1.807) is 0 Å². The molecular formula is C42H64O5Si.